The summed E-state index contributed by atoms with van der Waals surface area (Å²) in [5, 5.41) is 3.40. The van der Waals surface area contributed by atoms with Gasteiger partial charge in [-0.05, 0) is 32.0 Å². The molecule has 1 aromatic rings. The molecule has 0 amide bonds. The summed E-state index contributed by atoms with van der Waals surface area (Å²) in [7, 11) is 1.75. The maximum absolute atomic E-state index is 5.21. The van der Waals surface area contributed by atoms with E-state index in [-0.39, 0.29) is 0 Å². The van der Waals surface area contributed by atoms with Crippen LogP contribution in [-0.2, 0) is 11.3 Å². The topological polar surface area (TPSA) is 24.5 Å². The number of anilines is 1. The SMILES string of the molecule is CCNCc1ccccc1N(CCOC)C(C)C. The number of para-hydroxylation sites is 1. The molecule has 0 atom stereocenters. The Kier molecular flexibility index (Phi) is 6.76. The third kappa shape index (κ3) is 4.31. The van der Waals surface area contributed by atoms with Crippen molar-refractivity contribution in [3.05, 3.63) is 29.8 Å². The lowest BCUT2D eigenvalue weighted by Crippen LogP contribution is -2.35. The van der Waals surface area contributed by atoms with Gasteiger partial charge in [-0.2, -0.15) is 0 Å². The van der Waals surface area contributed by atoms with E-state index in [0.29, 0.717) is 6.04 Å². The van der Waals surface area contributed by atoms with Gasteiger partial charge in [0.1, 0.15) is 0 Å². The maximum Gasteiger partial charge on any atom is 0.0637 e. The van der Waals surface area contributed by atoms with Crippen LogP contribution in [0.15, 0.2) is 24.3 Å². The fourth-order valence-electron chi connectivity index (χ4n) is 2.05. The molecule has 0 saturated carbocycles. The van der Waals surface area contributed by atoms with Gasteiger partial charge in [-0.3, -0.25) is 0 Å². The number of hydrogen-bond acceptors (Lipinski definition) is 3. The van der Waals surface area contributed by atoms with E-state index in [1.807, 2.05) is 0 Å². The minimum Gasteiger partial charge on any atom is -0.383 e. The summed E-state index contributed by atoms with van der Waals surface area (Å²) in [6, 6.07) is 9.07. The van der Waals surface area contributed by atoms with Gasteiger partial charge in [0, 0.05) is 31.9 Å². The zero-order chi connectivity index (χ0) is 13.4. The molecule has 18 heavy (non-hydrogen) atoms. The standard InChI is InChI=1S/C15H26N2O/c1-5-16-12-14-8-6-7-9-15(14)17(13(2)3)10-11-18-4/h6-9,13,16H,5,10-12H2,1-4H3. The Hall–Kier alpha value is -1.06. The van der Waals surface area contributed by atoms with Crippen molar-refractivity contribution in [2.24, 2.45) is 0 Å². The Labute approximate surface area is 111 Å². The van der Waals surface area contributed by atoms with Crippen molar-refractivity contribution >= 4 is 5.69 Å². The lowest BCUT2D eigenvalue weighted by Gasteiger charge is -2.30. The Morgan fingerprint density at radius 1 is 1.28 bits per heavy atom. The first kappa shape index (κ1) is 15.0. The highest BCUT2D eigenvalue weighted by Crippen LogP contribution is 2.22. The van der Waals surface area contributed by atoms with E-state index in [0.717, 1.165) is 26.2 Å². The monoisotopic (exact) mass is 250 g/mol. The molecule has 0 radical (unpaired) electrons. The predicted molar refractivity (Wildman–Crippen MR) is 78.2 cm³/mol. The summed E-state index contributed by atoms with van der Waals surface area (Å²) in [5.74, 6) is 0. The largest absolute Gasteiger partial charge is 0.383 e. The molecule has 0 aliphatic heterocycles. The quantitative estimate of drug-likeness (QED) is 0.767. The molecule has 0 aliphatic carbocycles. The second-order valence-corrected chi connectivity index (χ2v) is 4.69. The number of nitrogens with zero attached hydrogens (tertiary/aromatic N) is 1. The number of ether oxygens (including phenoxy) is 1. The number of hydrogen-bond donors (Lipinski definition) is 1. The molecule has 0 fully saturated rings. The van der Waals surface area contributed by atoms with Crippen LogP contribution in [0, 0.1) is 0 Å². The van der Waals surface area contributed by atoms with Crippen LogP contribution in [0.1, 0.15) is 26.3 Å². The van der Waals surface area contributed by atoms with E-state index in [2.05, 4.69) is 55.3 Å². The minimum absolute atomic E-state index is 0.475. The van der Waals surface area contributed by atoms with Crippen molar-refractivity contribution in [3.8, 4) is 0 Å². The van der Waals surface area contributed by atoms with Gasteiger partial charge in [0.15, 0.2) is 0 Å². The van der Waals surface area contributed by atoms with E-state index < -0.39 is 0 Å². The minimum atomic E-state index is 0.475. The van der Waals surface area contributed by atoms with Gasteiger partial charge in [0.05, 0.1) is 6.61 Å². The third-order valence-corrected chi connectivity index (χ3v) is 3.03. The molecule has 0 aromatic heterocycles. The molecular formula is C15H26N2O. The number of nitrogens with one attached hydrogen (secondary N) is 1. The van der Waals surface area contributed by atoms with Crippen molar-refractivity contribution in [3.63, 3.8) is 0 Å². The number of benzene rings is 1. The molecule has 0 unspecified atom stereocenters. The van der Waals surface area contributed by atoms with E-state index in [1.165, 1.54) is 11.3 Å². The second kappa shape index (κ2) is 8.11. The molecule has 0 heterocycles. The van der Waals surface area contributed by atoms with Crippen LogP contribution < -0.4 is 10.2 Å². The summed E-state index contributed by atoms with van der Waals surface area (Å²) < 4.78 is 5.21. The summed E-state index contributed by atoms with van der Waals surface area (Å²) in [5.41, 5.74) is 2.66. The van der Waals surface area contributed by atoms with Crippen molar-refractivity contribution < 1.29 is 4.74 Å². The lowest BCUT2D eigenvalue weighted by atomic mass is 10.1. The highest BCUT2D eigenvalue weighted by molar-refractivity contribution is 5.54. The van der Waals surface area contributed by atoms with Gasteiger partial charge in [-0.1, -0.05) is 25.1 Å². The van der Waals surface area contributed by atoms with Crippen LogP contribution in [0.5, 0.6) is 0 Å². The first-order valence-electron chi connectivity index (χ1n) is 6.74. The zero-order valence-electron chi connectivity index (χ0n) is 12.1. The lowest BCUT2D eigenvalue weighted by molar-refractivity contribution is 0.204. The second-order valence-electron chi connectivity index (χ2n) is 4.69. The zero-order valence-corrected chi connectivity index (χ0v) is 12.1. The van der Waals surface area contributed by atoms with Crippen LogP contribution in [0.2, 0.25) is 0 Å². The normalized spacial score (nSPS) is 10.9. The van der Waals surface area contributed by atoms with Crippen LogP contribution in [0.4, 0.5) is 5.69 Å². The van der Waals surface area contributed by atoms with Crippen molar-refractivity contribution in [2.75, 3.05) is 31.7 Å². The van der Waals surface area contributed by atoms with Gasteiger partial charge in [-0.15, -0.1) is 0 Å². The van der Waals surface area contributed by atoms with Gasteiger partial charge in [-0.25, -0.2) is 0 Å². The molecule has 0 bridgehead atoms. The molecule has 102 valence electrons. The molecule has 1 rings (SSSR count). The highest BCUT2D eigenvalue weighted by atomic mass is 16.5. The summed E-state index contributed by atoms with van der Waals surface area (Å²) in [6.07, 6.45) is 0. The summed E-state index contributed by atoms with van der Waals surface area (Å²) >= 11 is 0. The highest BCUT2D eigenvalue weighted by Gasteiger charge is 2.13. The Morgan fingerprint density at radius 3 is 2.61 bits per heavy atom. The van der Waals surface area contributed by atoms with Crippen LogP contribution in [0.25, 0.3) is 0 Å². The maximum atomic E-state index is 5.21. The molecule has 0 aliphatic rings. The third-order valence-electron chi connectivity index (χ3n) is 3.03. The average Bonchev–Trinajstić information content (AvgIpc) is 2.37. The number of rotatable bonds is 8. The van der Waals surface area contributed by atoms with E-state index in [9.17, 15) is 0 Å². The fourth-order valence-corrected chi connectivity index (χ4v) is 2.05. The molecular weight excluding hydrogens is 224 g/mol. The van der Waals surface area contributed by atoms with Crippen molar-refractivity contribution in [1.29, 1.82) is 0 Å². The molecule has 0 saturated heterocycles. The first-order valence-corrected chi connectivity index (χ1v) is 6.74. The van der Waals surface area contributed by atoms with Gasteiger partial charge in [0.25, 0.3) is 0 Å². The summed E-state index contributed by atoms with van der Waals surface area (Å²) in [4.78, 5) is 2.40. The van der Waals surface area contributed by atoms with Crippen LogP contribution >= 0.6 is 0 Å². The van der Waals surface area contributed by atoms with Crippen LogP contribution in [-0.4, -0.2) is 32.8 Å². The molecule has 0 spiro atoms. The van der Waals surface area contributed by atoms with Crippen molar-refractivity contribution in [1.82, 2.24) is 5.32 Å². The van der Waals surface area contributed by atoms with E-state index in [1.54, 1.807) is 7.11 Å². The Balaban J connectivity index is 2.88. The van der Waals surface area contributed by atoms with Gasteiger partial charge >= 0.3 is 0 Å². The Bertz CT molecular complexity index is 339. The smallest absolute Gasteiger partial charge is 0.0637 e. The molecule has 1 N–H and O–H groups in total. The molecule has 1 aromatic carbocycles. The Morgan fingerprint density at radius 2 is 2.00 bits per heavy atom. The van der Waals surface area contributed by atoms with E-state index >= 15 is 0 Å². The van der Waals surface area contributed by atoms with E-state index in [4.69, 9.17) is 4.74 Å². The molecule has 3 nitrogen and oxygen atoms in total. The van der Waals surface area contributed by atoms with Crippen LogP contribution in [0.3, 0.4) is 0 Å². The first-order chi connectivity index (χ1) is 8.70. The molecule has 3 heteroatoms. The fraction of sp³-hybridized carbons (Fsp3) is 0.600. The van der Waals surface area contributed by atoms with Gasteiger partial charge in [0.2, 0.25) is 0 Å². The average molecular weight is 250 g/mol. The summed E-state index contributed by atoms with van der Waals surface area (Å²) in [6.45, 7) is 10.2. The predicted octanol–water partition coefficient (Wildman–Crippen LogP) is 2.66. The van der Waals surface area contributed by atoms with Crippen molar-refractivity contribution in [2.45, 2.75) is 33.4 Å². The number of methoxy groups -OCH3 is 1. The van der Waals surface area contributed by atoms with Gasteiger partial charge < -0.3 is 15.0 Å².